The quantitative estimate of drug-likeness (QED) is 0.783. The number of nitrogens with zero attached hydrogens (tertiary/aromatic N) is 1. The zero-order chi connectivity index (χ0) is 12.4. The van der Waals surface area contributed by atoms with Crippen molar-refractivity contribution in [1.82, 2.24) is 4.98 Å². The second-order valence-electron chi connectivity index (χ2n) is 3.71. The summed E-state index contributed by atoms with van der Waals surface area (Å²) in [5.41, 5.74) is 1.46. The average molecular weight is 247 g/mol. The van der Waals surface area contributed by atoms with E-state index >= 15 is 0 Å². The van der Waals surface area contributed by atoms with Crippen molar-refractivity contribution >= 4 is 17.1 Å². The number of hydrogen-bond acceptors (Lipinski definition) is 4. The van der Waals surface area contributed by atoms with Gasteiger partial charge in [-0.15, -0.1) is 11.3 Å². The van der Waals surface area contributed by atoms with Crippen LogP contribution in [0.3, 0.4) is 0 Å². The van der Waals surface area contributed by atoms with E-state index in [0.29, 0.717) is 10.4 Å². The number of thiazole rings is 1. The predicted molar refractivity (Wildman–Crippen MR) is 68.0 cm³/mol. The number of carbonyl (C=O) groups excluding carboxylic acids is 1. The van der Waals surface area contributed by atoms with Crippen molar-refractivity contribution in [3.05, 3.63) is 45.4 Å². The Morgan fingerprint density at radius 2 is 1.88 bits per heavy atom. The second-order valence-corrected chi connectivity index (χ2v) is 4.91. The molecule has 0 spiro atoms. The van der Waals surface area contributed by atoms with E-state index in [4.69, 9.17) is 4.74 Å². The largest absolute Gasteiger partial charge is 0.497 e. The number of benzene rings is 1. The van der Waals surface area contributed by atoms with Gasteiger partial charge in [0, 0.05) is 5.56 Å². The molecule has 1 heterocycles. The first kappa shape index (κ1) is 11.8. The van der Waals surface area contributed by atoms with Gasteiger partial charge in [-0.25, -0.2) is 4.98 Å². The molecule has 0 fully saturated rings. The van der Waals surface area contributed by atoms with Crippen molar-refractivity contribution in [3.8, 4) is 5.75 Å². The lowest BCUT2D eigenvalue weighted by Crippen LogP contribution is -2.00. The van der Waals surface area contributed by atoms with Crippen LogP contribution in [-0.2, 0) is 0 Å². The number of rotatable bonds is 3. The van der Waals surface area contributed by atoms with Crippen LogP contribution in [0, 0.1) is 13.8 Å². The molecule has 17 heavy (non-hydrogen) atoms. The van der Waals surface area contributed by atoms with Gasteiger partial charge in [0.15, 0.2) is 0 Å². The zero-order valence-electron chi connectivity index (χ0n) is 9.98. The molecule has 0 radical (unpaired) electrons. The van der Waals surface area contributed by atoms with Crippen molar-refractivity contribution in [3.63, 3.8) is 0 Å². The second kappa shape index (κ2) is 4.67. The Labute approximate surface area is 104 Å². The van der Waals surface area contributed by atoms with Crippen LogP contribution >= 0.6 is 11.3 Å². The first-order valence-electron chi connectivity index (χ1n) is 5.24. The summed E-state index contributed by atoms with van der Waals surface area (Å²) in [6.07, 6.45) is 0. The molecule has 0 N–H and O–H groups in total. The van der Waals surface area contributed by atoms with Gasteiger partial charge in [-0.1, -0.05) is 0 Å². The van der Waals surface area contributed by atoms with E-state index in [9.17, 15) is 4.79 Å². The van der Waals surface area contributed by atoms with E-state index in [1.807, 2.05) is 13.8 Å². The number of carbonyl (C=O) groups is 1. The summed E-state index contributed by atoms with van der Waals surface area (Å²) in [6, 6.07) is 7.12. The van der Waals surface area contributed by atoms with Crippen LogP contribution in [0.5, 0.6) is 5.75 Å². The van der Waals surface area contributed by atoms with Crippen LogP contribution in [-0.4, -0.2) is 17.9 Å². The van der Waals surface area contributed by atoms with Crippen molar-refractivity contribution in [2.24, 2.45) is 0 Å². The normalized spacial score (nSPS) is 10.3. The number of ether oxygens (including phenoxy) is 1. The highest BCUT2D eigenvalue weighted by molar-refractivity contribution is 7.14. The van der Waals surface area contributed by atoms with E-state index in [0.717, 1.165) is 16.5 Å². The summed E-state index contributed by atoms with van der Waals surface area (Å²) in [5.74, 6) is 0.773. The Morgan fingerprint density at radius 3 is 2.35 bits per heavy atom. The van der Waals surface area contributed by atoms with E-state index in [2.05, 4.69) is 4.98 Å². The molecule has 3 nitrogen and oxygen atoms in total. The molecule has 88 valence electrons. The Kier molecular flexibility index (Phi) is 3.24. The highest BCUT2D eigenvalue weighted by Gasteiger charge is 2.15. The number of hydrogen-bond donors (Lipinski definition) is 0. The van der Waals surface area contributed by atoms with Crippen molar-refractivity contribution in [1.29, 1.82) is 0 Å². The summed E-state index contributed by atoms with van der Waals surface area (Å²) in [5, 5.41) is 0.916. The Bertz CT molecular complexity index is 543. The minimum atomic E-state index is 0.0238. The van der Waals surface area contributed by atoms with Gasteiger partial charge in [-0.3, -0.25) is 4.79 Å². The fourth-order valence-electron chi connectivity index (χ4n) is 1.62. The molecule has 0 unspecified atom stereocenters. The van der Waals surface area contributed by atoms with E-state index in [-0.39, 0.29) is 5.78 Å². The zero-order valence-corrected chi connectivity index (χ0v) is 10.8. The van der Waals surface area contributed by atoms with Gasteiger partial charge in [-0.2, -0.15) is 0 Å². The molecule has 0 saturated carbocycles. The molecule has 0 bridgehead atoms. The number of aromatic nitrogens is 1. The standard InChI is InChI=1S/C13H13NO2S/c1-8-13(17-9(2)14-8)12(15)10-4-6-11(16-3)7-5-10/h4-7H,1-3H3. The Hall–Kier alpha value is -1.68. The minimum Gasteiger partial charge on any atom is -0.497 e. The van der Waals surface area contributed by atoms with Crippen molar-refractivity contribution in [2.45, 2.75) is 13.8 Å². The smallest absolute Gasteiger partial charge is 0.204 e. The van der Waals surface area contributed by atoms with E-state index < -0.39 is 0 Å². The average Bonchev–Trinajstić information content (AvgIpc) is 2.68. The summed E-state index contributed by atoms with van der Waals surface area (Å²) in [6.45, 7) is 3.77. The molecule has 1 aromatic carbocycles. The third-order valence-electron chi connectivity index (χ3n) is 2.46. The fourth-order valence-corrected chi connectivity index (χ4v) is 2.50. The van der Waals surface area contributed by atoms with Gasteiger partial charge in [-0.05, 0) is 38.1 Å². The van der Waals surface area contributed by atoms with Gasteiger partial charge in [0.1, 0.15) is 5.75 Å². The minimum absolute atomic E-state index is 0.0238. The van der Waals surface area contributed by atoms with Crippen molar-refractivity contribution < 1.29 is 9.53 Å². The highest BCUT2D eigenvalue weighted by atomic mass is 32.1. The maximum atomic E-state index is 12.2. The van der Waals surface area contributed by atoms with Crippen LogP contribution < -0.4 is 4.74 Å². The summed E-state index contributed by atoms with van der Waals surface area (Å²) >= 11 is 1.44. The molecular weight excluding hydrogens is 234 g/mol. The van der Waals surface area contributed by atoms with E-state index in [1.54, 1.807) is 31.4 Å². The predicted octanol–water partition coefficient (Wildman–Crippen LogP) is 3.00. The molecule has 0 aliphatic rings. The lowest BCUT2D eigenvalue weighted by molar-refractivity contribution is 0.104. The maximum absolute atomic E-state index is 12.2. The lowest BCUT2D eigenvalue weighted by Gasteiger charge is -2.01. The van der Waals surface area contributed by atoms with Gasteiger partial charge in [0.05, 0.1) is 22.7 Å². The first-order valence-corrected chi connectivity index (χ1v) is 6.06. The third-order valence-corrected chi connectivity index (χ3v) is 3.53. The SMILES string of the molecule is COc1ccc(C(=O)c2sc(C)nc2C)cc1. The molecule has 2 rings (SSSR count). The lowest BCUT2D eigenvalue weighted by atomic mass is 10.1. The molecule has 0 amide bonds. The highest BCUT2D eigenvalue weighted by Crippen LogP contribution is 2.22. The van der Waals surface area contributed by atoms with Crippen LogP contribution in [0.1, 0.15) is 25.9 Å². The van der Waals surface area contributed by atoms with Crippen LogP contribution in [0.4, 0.5) is 0 Å². The monoisotopic (exact) mass is 247 g/mol. The van der Waals surface area contributed by atoms with Crippen LogP contribution in [0.15, 0.2) is 24.3 Å². The molecule has 1 aromatic heterocycles. The topological polar surface area (TPSA) is 39.2 Å². The summed E-state index contributed by atoms with van der Waals surface area (Å²) in [7, 11) is 1.60. The Morgan fingerprint density at radius 1 is 1.24 bits per heavy atom. The number of ketones is 1. The molecular formula is C13H13NO2S. The van der Waals surface area contributed by atoms with Crippen LogP contribution in [0.2, 0.25) is 0 Å². The van der Waals surface area contributed by atoms with Crippen LogP contribution in [0.25, 0.3) is 0 Å². The van der Waals surface area contributed by atoms with Gasteiger partial charge in [0.25, 0.3) is 0 Å². The molecule has 0 saturated heterocycles. The number of aryl methyl sites for hydroxylation is 2. The van der Waals surface area contributed by atoms with Gasteiger partial charge < -0.3 is 4.74 Å². The first-order chi connectivity index (χ1) is 8.11. The maximum Gasteiger partial charge on any atom is 0.204 e. The Balaban J connectivity index is 2.33. The molecule has 0 atom stereocenters. The fraction of sp³-hybridized carbons (Fsp3) is 0.231. The summed E-state index contributed by atoms with van der Waals surface area (Å²) < 4.78 is 5.06. The van der Waals surface area contributed by atoms with Gasteiger partial charge >= 0.3 is 0 Å². The van der Waals surface area contributed by atoms with Crippen molar-refractivity contribution in [2.75, 3.05) is 7.11 Å². The molecule has 4 heteroatoms. The third kappa shape index (κ3) is 2.36. The molecule has 0 aliphatic heterocycles. The summed E-state index contributed by atoms with van der Waals surface area (Å²) in [4.78, 5) is 17.2. The molecule has 0 aliphatic carbocycles. The van der Waals surface area contributed by atoms with E-state index in [1.165, 1.54) is 11.3 Å². The molecule has 2 aromatic rings. The van der Waals surface area contributed by atoms with Gasteiger partial charge in [0.2, 0.25) is 5.78 Å². The number of methoxy groups -OCH3 is 1.